The number of amides is 2. The van der Waals surface area contributed by atoms with E-state index in [-0.39, 0.29) is 23.3 Å². The van der Waals surface area contributed by atoms with Gasteiger partial charge in [0.25, 0.3) is 5.56 Å². The molecule has 6 heteroatoms. The van der Waals surface area contributed by atoms with Crippen LogP contribution in [0.2, 0.25) is 0 Å². The highest BCUT2D eigenvalue weighted by Crippen LogP contribution is 2.26. The largest absolute Gasteiger partial charge is 0.295 e. The van der Waals surface area contributed by atoms with Crippen LogP contribution in [-0.4, -0.2) is 21.4 Å². The van der Waals surface area contributed by atoms with Gasteiger partial charge < -0.3 is 0 Å². The number of para-hydroxylation sites is 1. The lowest BCUT2D eigenvalue weighted by Gasteiger charge is -2.25. The van der Waals surface area contributed by atoms with Crippen LogP contribution in [0.5, 0.6) is 0 Å². The predicted octanol–water partition coefficient (Wildman–Crippen LogP) is 2.27. The van der Waals surface area contributed by atoms with Gasteiger partial charge in [0, 0.05) is 6.42 Å². The monoisotopic (exact) mass is 341 g/mol. The van der Waals surface area contributed by atoms with Gasteiger partial charge in [0.2, 0.25) is 11.8 Å². The van der Waals surface area contributed by atoms with Gasteiger partial charge in [-0.15, -0.1) is 0 Å². The van der Waals surface area contributed by atoms with Crippen molar-refractivity contribution in [1.82, 2.24) is 14.9 Å². The first-order valence-corrected chi connectivity index (χ1v) is 8.52. The zero-order valence-electron chi connectivity index (χ0n) is 15.0. The van der Waals surface area contributed by atoms with Crippen LogP contribution in [0.1, 0.15) is 51.0 Å². The smallest absolute Gasteiger partial charge is 0.262 e. The number of nitrogens with zero attached hydrogens (tertiary/aromatic N) is 2. The van der Waals surface area contributed by atoms with E-state index in [4.69, 9.17) is 0 Å². The van der Waals surface area contributed by atoms with Gasteiger partial charge in [-0.3, -0.25) is 24.3 Å². The standard InChI is InChI=1S/C19H23N3O3/c1-11-20-16-12(10-19(2,3)4)6-5-7-13(16)18(25)22(11)14-8-9-15(23)21-17(14)24/h5-7,14H,8-10H2,1-4H3,(H,21,23,24). The fourth-order valence-electron chi connectivity index (χ4n) is 3.40. The molecule has 2 aromatic rings. The minimum Gasteiger partial charge on any atom is -0.295 e. The molecule has 2 heterocycles. The van der Waals surface area contributed by atoms with Crippen molar-refractivity contribution in [2.75, 3.05) is 0 Å². The number of piperidine rings is 1. The van der Waals surface area contributed by atoms with Crippen LogP contribution in [0.15, 0.2) is 23.0 Å². The predicted molar refractivity (Wildman–Crippen MR) is 95.3 cm³/mol. The van der Waals surface area contributed by atoms with E-state index < -0.39 is 11.9 Å². The summed E-state index contributed by atoms with van der Waals surface area (Å²) in [5.41, 5.74) is 1.57. The molecule has 25 heavy (non-hydrogen) atoms. The molecule has 1 aromatic carbocycles. The van der Waals surface area contributed by atoms with Gasteiger partial charge in [-0.2, -0.15) is 0 Å². The topological polar surface area (TPSA) is 81.1 Å². The third kappa shape index (κ3) is 3.34. The molecule has 6 nitrogen and oxygen atoms in total. The molecule has 1 N–H and O–H groups in total. The van der Waals surface area contributed by atoms with Gasteiger partial charge in [-0.1, -0.05) is 32.9 Å². The lowest BCUT2D eigenvalue weighted by atomic mass is 9.87. The summed E-state index contributed by atoms with van der Waals surface area (Å²) in [6.07, 6.45) is 1.35. The summed E-state index contributed by atoms with van der Waals surface area (Å²) in [5, 5.41) is 2.82. The number of hydrogen-bond acceptors (Lipinski definition) is 4. The molecule has 1 fully saturated rings. The van der Waals surface area contributed by atoms with Gasteiger partial charge in [0.1, 0.15) is 11.9 Å². The molecule has 1 unspecified atom stereocenters. The van der Waals surface area contributed by atoms with Gasteiger partial charge >= 0.3 is 0 Å². The van der Waals surface area contributed by atoms with Crippen molar-refractivity contribution in [3.63, 3.8) is 0 Å². The molecule has 1 saturated heterocycles. The molecule has 0 saturated carbocycles. The zero-order valence-corrected chi connectivity index (χ0v) is 15.0. The normalized spacial score (nSPS) is 18.5. The SMILES string of the molecule is Cc1nc2c(CC(C)(C)C)cccc2c(=O)n1C1CCC(=O)NC1=O. The van der Waals surface area contributed by atoms with Crippen LogP contribution in [0.3, 0.4) is 0 Å². The molecule has 1 aromatic heterocycles. The highest BCUT2D eigenvalue weighted by molar-refractivity contribution is 5.99. The number of rotatable bonds is 2. The molecular formula is C19H23N3O3. The molecular weight excluding hydrogens is 318 g/mol. The Morgan fingerprint density at radius 1 is 1.24 bits per heavy atom. The molecule has 0 bridgehead atoms. The van der Waals surface area contributed by atoms with Crippen LogP contribution in [-0.2, 0) is 16.0 Å². The summed E-state index contributed by atoms with van der Waals surface area (Å²) in [4.78, 5) is 41.3. The van der Waals surface area contributed by atoms with Crippen LogP contribution >= 0.6 is 0 Å². The lowest BCUT2D eigenvalue weighted by Crippen LogP contribution is -2.45. The molecule has 3 rings (SSSR count). The van der Waals surface area contributed by atoms with Crippen molar-refractivity contribution in [2.45, 2.75) is 53.0 Å². The Labute approximate surface area is 146 Å². The molecule has 0 radical (unpaired) electrons. The Morgan fingerprint density at radius 3 is 2.60 bits per heavy atom. The van der Waals surface area contributed by atoms with Crippen LogP contribution in [0, 0.1) is 12.3 Å². The zero-order chi connectivity index (χ0) is 18.4. The van der Waals surface area contributed by atoms with Crippen molar-refractivity contribution < 1.29 is 9.59 Å². The molecule has 1 atom stereocenters. The summed E-state index contributed by atoms with van der Waals surface area (Å²) in [6, 6.07) is 4.92. The van der Waals surface area contributed by atoms with E-state index in [1.807, 2.05) is 12.1 Å². The highest BCUT2D eigenvalue weighted by atomic mass is 16.2. The Balaban J connectivity index is 2.16. The molecule has 2 amide bonds. The molecule has 1 aliphatic heterocycles. The maximum absolute atomic E-state index is 13.1. The van der Waals surface area contributed by atoms with Crippen molar-refractivity contribution >= 4 is 22.7 Å². The summed E-state index contributed by atoms with van der Waals surface area (Å²) in [7, 11) is 0. The van der Waals surface area contributed by atoms with E-state index in [0.29, 0.717) is 23.1 Å². The van der Waals surface area contributed by atoms with Crippen molar-refractivity contribution in [1.29, 1.82) is 0 Å². The number of aryl methyl sites for hydroxylation is 1. The van der Waals surface area contributed by atoms with E-state index in [0.717, 1.165) is 12.0 Å². The number of carbonyl (C=O) groups excluding carboxylic acids is 2. The number of aromatic nitrogens is 2. The van der Waals surface area contributed by atoms with Gasteiger partial charge in [-0.25, -0.2) is 4.98 Å². The first-order valence-electron chi connectivity index (χ1n) is 8.52. The lowest BCUT2D eigenvalue weighted by molar-refractivity contribution is -0.135. The number of fused-ring (bicyclic) bond motifs is 1. The summed E-state index contributed by atoms with van der Waals surface area (Å²) in [5.74, 6) is -0.241. The first kappa shape index (κ1) is 17.3. The second-order valence-electron chi connectivity index (χ2n) is 7.85. The molecule has 1 aliphatic rings. The van der Waals surface area contributed by atoms with Crippen molar-refractivity contribution in [3.05, 3.63) is 39.9 Å². The van der Waals surface area contributed by atoms with E-state index in [9.17, 15) is 14.4 Å². The van der Waals surface area contributed by atoms with E-state index >= 15 is 0 Å². The average Bonchev–Trinajstić information content (AvgIpc) is 2.49. The van der Waals surface area contributed by atoms with E-state index in [1.54, 1.807) is 13.0 Å². The van der Waals surface area contributed by atoms with E-state index in [1.165, 1.54) is 4.57 Å². The second-order valence-corrected chi connectivity index (χ2v) is 7.85. The number of benzene rings is 1. The van der Waals surface area contributed by atoms with Crippen molar-refractivity contribution in [2.24, 2.45) is 5.41 Å². The minimum atomic E-state index is -0.687. The Bertz CT molecular complexity index is 922. The fourth-order valence-corrected chi connectivity index (χ4v) is 3.40. The van der Waals surface area contributed by atoms with Crippen LogP contribution in [0.4, 0.5) is 0 Å². The quantitative estimate of drug-likeness (QED) is 0.850. The second kappa shape index (κ2) is 6.10. The van der Waals surface area contributed by atoms with Gasteiger partial charge in [0.15, 0.2) is 0 Å². The third-order valence-electron chi connectivity index (χ3n) is 4.43. The highest BCUT2D eigenvalue weighted by Gasteiger charge is 2.30. The average molecular weight is 341 g/mol. The fraction of sp³-hybridized carbons (Fsp3) is 0.474. The summed E-state index contributed by atoms with van der Waals surface area (Å²) >= 11 is 0. The first-order chi connectivity index (χ1) is 11.7. The number of nitrogens with one attached hydrogen (secondary N) is 1. The maximum Gasteiger partial charge on any atom is 0.262 e. The van der Waals surface area contributed by atoms with Crippen LogP contribution in [0.25, 0.3) is 10.9 Å². The molecule has 0 aliphatic carbocycles. The van der Waals surface area contributed by atoms with Gasteiger partial charge in [-0.05, 0) is 36.8 Å². The van der Waals surface area contributed by atoms with E-state index in [2.05, 4.69) is 31.1 Å². The minimum absolute atomic E-state index is 0.0718. The summed E-state index contributed by atoms with van der Waals surface area (Å²) < 4.78 is 1.42. The van der Waals surface area contributed by atoms with Crippen molar-refractivity contribution in [3.8, 4) is 0 Å². The number of carbonyl (C=O) groups is 2. The molecule has 0 spiro atoms. The summed E-state index contributed by atoms with van der Waals surface area (Å²) in [6.45, 7) is 8.16. The Morgan fingerprint density at radius 2 is 1.96 bits per heavy atom. The third-order valence-corrected chi connectivity index (χ3v) is 4.43. The molecule has 132 valence electrons. The maximum atomic E-state index is 13.1. The van der Waals surface area contributed by atoms with Gasteiger partial charge in [0.05, 0.1) is 10.9 Å². The Hall–Kier alpha value is -2.50. The number of hydrogen-bond donors (Lipinski definition) is 1. The van der Waals surface area contributed by atoms with Crippen LogP contribution < -0.4 is 10.9 Å². The number of imide groups is 1. The Kier molecular flexibility index (Phi) is 4.22.